The lowest BCUT2D eigenvalue weighted by Crippen LogP contribution is -2.07. The van der Waals surface area contributed by atoms with Gasteiger partial charge in [-0.25, -0.2) is 0 Å². The Hall–Kier alpha value is -1.82. The number of fused-ring (bicyclic) bond motifs is 1. The molecule has 22 heavy (non-hydrogen) atoms. The Bertz CT molecular complexity index is 642. The molecule has 0 radical (unpaired) electrons. The molecular weight excluding hydrogens is 264 g/mol. The van der Waals surface area contributed by atoms with Gasteiger partial charge in [0.25, 0.3) is 0 Å². The van der Waals surface area contributed by atoms with Gasteiger partial charge in [0.05, 0.1) is 0 Å². The minimum Gasteiger partial charge on any atom is -0.0999 e. The lowest BCUT2D eigenvalue weighted by Gasteiger charge is -2.23. The van der Waals surface area contributed by atoms with Crippen LogP contribution in [0.2, 0.25) is 0 Å². The molecule has 0 nitrogen and oxygen atoms in total. The van der Waals surface area contributed by atoms with Gasteiger partial charge in [0, 0.05) is 0 Å². The van der Waals surface area contributed by atoms with E-state index in [-0.39, 0.29) is 0 Å². The molecule has 1 aromatic carbocycles. The van der Waals surface area contributed by atoms with Gasteiger partial charge in [0.2, 0.25) is 0 Å². The Balaban J connectivity index is 1.66. The van der Waals surface area contributed by atoms with E-state index < -0.39 is 0 Å². The summed E-state index contributed by atoms with van der Waals surface area (Å²) in [6.07, 6.45) is 15.3. The summed E-state index contributed by atoms with van der Waals surface area (Å²) in [7, 11) is 0. The smallest absolute Gasteiger partial charge is 0.00385 e. The molecule has 0 aliphatic heterocycles. The fraction of sp³-hybridized carbons (Fsp3) is 0.364. The van der Waals surface area contributed by atoms with Crippen molar-refractivity contribution in [3.63, 3.8) is 0 Å². The number of allylic oxidation sites excluding steroid dienone is 6. The third kappa shape index (κ3) is 3.32. The standard InChI is InChI=1S/C22H26/c1-16(2)17(3)13-18-11-12-19(14-18)15-21-9-6-8-20-7-4-5-10-22(20)21/h4-8,10-12,14,17,19,21H,1,9,13,15H2,2-3H3/t17-,19?,21?/m0/s1. The highest BCUT2D eigenvalue weighted by atomic mass is 14.3. The molecule has 2 aliphatic rings. The van der Waals surface area contributed by atoms with Crippen LogP contribution in [0, 0.1) is 11.8 Å². The molecule has 1 aromatic rings. The molecule has 0 saturated heterocycles. The van der Waals surface area contributed by atoms with Gasteiger partial charge in [0.1, 0.15) is 0 Å². The highest BCUT2D eigenvalue weighted by molar-refractivity contribution is 5.57. The van der Waals surface area contributed by atoms with Crippen LogP contribution >= 0.6 is 0 Å². The Labute approximate surface area is 135 Å². The van der Waals surface area contributed by atoms with Crippen molar-refractivity contribution in [1.29, 1.82) is 0 Å². The quantitative estimate of drug-likeness (QED) is 0.559. The van der Waals surface area contributed by atoms with Crippen molar-refractivity contribution in [1.82, 2.24) is 0 Å². The zero-order valence-electron chi connectivity index (χ0n) is 13.8. The summed E-state index contributed by atoms with van der Waals surface area (Å²) in [5, 5.41) is 0. The summed E-state index contributed by atoms with van der Waals surface area (Å²) in [4.78, 5) is 0. The van der Waals surface area contributed by atoms with Gasteiger partial charge in [-0.2, -0.15) is 0 Å². The van der Waals surface area contributed by atoms with E-state index in [0.717, 1.165) is 6.42 Å². The first kappa shape index (κ1) is 15.1. The van der Waals surface area contributed by atoms with Crippen molar-refractivity contribution in [2.75, 3.05) is 0 Å². The predicted octanol–water partition coefficient (Wildman–Crippen LogP) is 6.29. The highest BCUT2D eigenvalue weighted by Crippen LogP contribution is 2.37. The zero-order valence-corrected chi connectivity index (χ0v) is 13.8. The van der Waals surface area contributed by atoms with Crippen LogP contribution in [-0.2, 0) is 0 Å². The van der Waals surface area contributed by atoms with E-state index in [4.69, 9.17) is 0 Å². The first-order chi connectivity index (χ1) is 10.6. The minimum atomic E-state index is 0.577. The third-order valence-corrected chi connectivity index (χ3v) is 5.08. The summed E-state index contributed by atoms with van der Waals surface area (Å²) >= 11 is 0. The van der Waals surface area contributed by atoms with Crippen LogP contribution in [0.15, 0.2) is 66.3 Å². The van der Waals surface area contributed by atoms with E-state index in [9.17, 15) is 0 Å². The largest absolute Gasteiger partial charge is 0.0999 e. The molecule has 0 saturated carbocycles. The van der Waals surface area contributed by atoms with E-state index >= 15 is 0 Å². The molecule has 2 aliphatic carbocycles. The molecule has 0 heteroatoms. The van der Waals surface area contributed by atoms with E-state index in [1.54, 1.807) is 0 Å². The molecule has 0 spiro atoms. The van der Waals surface area contributed by atoms with Crippen molar-refractivity contribution < 1.29 is 0 Å². The van der Waals surface area contributed by atoms with Crippen LogP contribution in [0.3, 0.4) is 0 Å². The van der Waals surface area contributed by atoms with Crippen LogP contribution < -0.4 is 0 Å². The molecule has 0 aromatic heterocycles. The molecule has 0 amide bonds. The SMILES string of the molecule is C=C(C)[C@@H](C)CC1=CC(CC2CC=Cc3ccccc32)C=C1. The summed E-state index contributed by atoms with van der Waals surface area (Å²) in [6, 6.07) is 8.84. The number of benzene rings is 1. The van der Waals surface area contributed by atoms with Crippen molar-refractivity contribution >= 4 is 6.08 Å². The fourth-order valence-corrected chi connectivity index (χ4v) is 3.52. The summed E-state index contributed by atoms with van der Waals surface area (Å²) in [5.41, 5.74) is 5.70. The Morgan fingerprint density at radius 3 is 2.91 bits per heavy atom. The van der Waals surface area contributed by atoms with Crippen molar-refractivity contribution in [2.45, 2.75) is 39.0 Å². The number of hydrogen-bond acceptors (Lipinski definition) is 0. The van der Waals surface area contributed by atoms with Crippen LogP contribution in [0.5, 0.6) is 0 Å². The summed E-state index contributed by atoms with van der Waals surface area (Å²) in [6.45, 7) is 8.48. The van der Waals surface area contributed by atoms with E-state index in [2.05, 4.69) is 75.1 Å². The van der Waals surface area contributed by atoms with Gasteiger partial charge in [-0.05, 0) is 55.1 Å². The molecule has 0 fully saturated rings. The highest BCUT2D eigenvalue weighted by Gasteiger charge is 2.21. The maximum absolute atomic E-state index is 4.08. The van der Waals surface area contributed by atoms with Crippen molar-refractivity contribution in [2.24, 2.45) is 11.8 Å². The van der Waals surface area contributed by atoms with Crippen LogP contribution in [0.1, 0.15) is 50.2 Å². The van der Waals surface area contributed by atoms with Crippen LogP contribution in [0.4, 0.5) is 0 Å². The zero-order chi connectivity index (χ0) is 15.5. The average Bonchev–Trinajstić information content (AvgIpc) is 2.94. The van der Waals surface area contributed by atoms with E-state index in [0.29, 0.717) is 17.8 Å². The van der Waals surface area contributed by atoms with Crippen LogP contribution in [-0.4, -0.2) is 0 Å². The number of hydrogen-bond donors (Lipinski definition) is 0. The van der Waals surface area contributed by atoms with Gasteiger partial charge in [0.15, 0.2) is 0 Å². The van der Waals surface area contributed by atoms with Gasteiger partial charge in [-0.15, -0.1) is 0 Å². The fourth-order valence-electron chi connectivity index (χ4n) is 3.52. The Morgan fingerprint density at radius 1 is 1.27 bits per heavy atom. The molecule has 114 valence electrons. The summed E-state index contributed by atoms with van der Waals surface area (Å²) < 4.78 is 0. The van der Waals surface area contributed by atoms with Crippen molar-refractivity contribution in [3.05, 3.63) is 77.4 Å². The molecule has 0 bridgehead atoms. The summed E-state index contributed by atoms with van der Waals surface area (Å²) in [5.74, 6) is 1.83. The maximum atomic E-state index is 4.08. The molecule has 0 heterocycles. The monoisotopic (exact) mass is 290 g/mol. The molecule has 2 unspecified atom stereocenters. The molecule has 3 atom stereocenters. The van der Waals surface area contributed by atoms with Gasteiger partial charge in [-0.1, -0.05) is 79.3 Å². The second-order valence-corrected chi connectivity index (χ2v) is 6.92. The van der Waals surface area contributed by atoms with E-state index in [1.165, 1.54) is 35.1 Å². The number of rotatable bonds is 5. The predicted molar refractivity (Wildman–Crippen MR) is 96.8 cm³/mol. The maximum Gasteiger partial charge on any atom is -0.00385 e. The first-order valence-electron chi connectivity index (χ1n) is 8.43. The van der Waals surface area contributed by atoms with Gasteiger partial charge < -0.3 is 0 Å². The van der Waals surface area contributed by atoms with Gasteiger partial charge in [-0.3, -0.25) is 0 Å². The second-order valence-electron chi connectivity index (χ2n) is 6.92. The van der Waals surface area contributed by atoms with Crippen LogP contribution in [0.25, 0.3) is 6.08 Å². The first-order valence-corrected chi connectivity index (χ1v) is 8.43. The molecular formula is C22H26. The lowest BCUT2D eigenvalue weighted by molar-refractivity contribution is 0.571. The molecule has 0 N–H and O–H groups in total. The minimum absolute atomic E-state index is 0.577. The Kier molecular flexibility index (Phi) is 4.47. The third-order valence-electron chi connectivity index (χ3n) is 5.08. The lowest BCUT2D eigenvalue weighted by atomic mass is 9.81. The topological polar surface area (TPSA) is 0 Å². The van der Waals surface area contributed by atoms with Gasteiger partial charge >= 0.3 is 0 Å². The average molecular weight is 290 g/mol. The Morgan fingerprint density at radius 2 is 2.09 bits per heavy atom. The second kappa shape index (κ2) is 6.52. The normalized spacial score (nSPS) is 24.0. The molecule has 3 rings (SSSR count). The van der Waals surface area contributed by atoms with Crippen molar-refractivity contribution in [3.8, 4) is 0 Å². The van der Waals surface area contributed by atoms with E-state index in [1.807, 2.05) is 0 Å².